The SMILES string of the molecule is CCOc1ccc(C(=O)Nc2ccc(O)c(-c3cc(C4CCC4)n(C(=O)NCc4ccc(Cl)c(Cl)c4)n3)c2)cc1. The van der Waals surface area contributed by atoms with Crippen LogP contribution in [0.3, 0.4) is 0 Å². The predicted octanol–water partition coefficient (Wildman–Crippen LogP) is 7.24. The van der Waals surface area contributed by atoms with Crippen molar-refractivity contribution in [2.24, 2.45) is 0 Å². The normalized spacial score (nSPS) is 13.0. The van der Waals surface area contributed by atoms with Crippen molar-refractivity contribution in [2.45, 2.75) is 38.6 Å². The maximum Gasteiger partial charge on any atom is 0.342 e. The number of halogens is 2. The van der Waals surface area contributed by atoms with Gasteiger partial charge in [0.15, 0.2) is 0 Å². The van der Waals surface area contributed by atoms with Gasteiger partial charge in [-0.05, 0) is 86.0 Å². The lowest BCUT2D eigenvalue weighted by atomic mass is 9.82. The van der Waals surface area contributed by atoms with Gasteiger partial charge in [0.25, 0.3) is 5.91 Å². The van der Waals surface area contributed by atoms with E-state index in [2.05, 4.69) is 15.7 Å². The number of benzene rings is 3. The van der Waals surface area contributed by atoms with Crippen LogP contribution in [0.1, 0.15) is 53.7 Å². The summed E-state index contributed by atoms with van der Waals surface area (Å²) in [6.07, 6.45) is 2.99. The molecule has 40 heavy (non-hydrogen) atoms. The number of aromatic hydroxyl groups is 1. The number of carbonyl (C=O) groups is 2. The van der Waals surface area contributed by atoms with Crippen LogP contribution in [0.2, 0.25) is 10.0 Å². The number of nitrogens with one attached hydrogen (secondary N) is 2. The fourth-order valence-electron chi connectivity index (χ4n) is 4.48. The molecule has 0 spiro atoms. The van der Waals surface area contributed by atoms with Crippen LogP contribution in [0.4, 0.5) is 10.5 Å². The van der Waals surface area contributed by atoms with Gasteiger partial charge < -0.3 is 20.5 Å². The molecule has 0 aliphatic heterocycles. The summed E-state index contributed by atoms with van der Waals surface area (Å²) in [4.78, 5) is 26.0. The van der Waals surface area contributed by atoms with Gasteiger partial charge in [0.1, 0.15) is 11.5 Å². The molecule has 1 fully saturated rings. The molecule has 0 radical (unpaired) electrons. The van der Waals surface area contributed by atoms with E-state index in [4.69, 9.17) is 27.9 Å². The Morgan fingerprint density at radius 3 is 2.48 bits per heavy atom. The second-order valence-corrected chi connectivity index (χ2v) is 10.4. The molecule has 206 valence electrons. The Bertz CT molecular complexity index is 1550. The number of ether oxygens (including phenoxy) is 1. The number of amides is 2. The lowest BCUT2D eigenvalue weighted by Crippen LogP contribution is -2.31. The van der Waals surface area contributed by atoms with Crippen molar-refractivity contribution in [3.63, 3.8) is 0 Å². The maximum absolute atomic E-state index is 13.2. The number of aromatic nitrogens is 2. The van der Waals surface area contributed by atoms with Crippen LogP contribution in [0.5, 0.6) is 11.5 Å². The molecule has 1 aliphatic rings. The lowest BCUT2D eigenvalue weighted by Gasteiger charge is -2.25. The van der Waals surface area contributed by atoms with Crippen molar-refractivity contribution < 1.29 is 19.4 Å². The average Bonchev–Trinajstić information content (AvgIpc) is 3.34. The van der Waals surface area contributed by atoms with Crippen molar-refractivity contribution >= 4 is 40.8 Å². The Morgan fingerprint density at radius 2 is 1.80 bits per heavy atom. The molecule has 5 rings (SSSR count). The third-order valence-electron chi connectivity index (χ3n) is 6.84. The van der Waals surface area contributed by atoms with Gasteiger partial charge in [-0.2, -0.15) is 9.78 Å². The summed E-state index contributed by atoms with van der Waals surface area (Å²) in [5, 5.41) is 21.8. The van der Waals surface area contributed by atoms with Crippen LogP contribution in [0.15, 0.2) is 66.7 Å². The quantitative estimate of drug-likeness (QED) is 0.191. The van der Waals surface area contributed by atoms with E-state index in [9.17, 15) is 14.7 Å². The van der Waals surface area contributed by atoms with Crippen LogP contribution in [-0.4, -0.2) is 33.4 Å². The first-order valence-electron chi connectivity index (χ1n) is 13.0. The van der Waals surface area contributed by atoms with E-state index >= 15 is 0 Å². The Kier molecular flexibility index (Phi) is 8.28. The van der Waals surface area contributed by atoms with Gasteiger partial charge in [0.05, 0.1) is 28.0 Å². The second kappa shape index (κ2) is 12.0. The number of hydrogen-bond donors (Lipinski definition) is 3. The molecule has 0 bridgehead atoms. The minimum absolute atomic E-state index is 0.0138. The van der Waals surface area contributed by atoms with E-state index in [1.54, 1.807) is 54.6 Å². The van der Waals surface area contributed by atoms with Gasteiger partial charge in [0, 0.05) is 29.3 Å². The molecule has 1 aliphatic carbocycles. The maximum atomic E-state index is 13.2. The molecule has 1 heterocycles. The minimum atomic E-state index is -0.390. The molecule has 3 N–H and O–H groups in total. The summed E-state index contributed by atoms with van der Waals surface area (Å²) in [7, 11) is 0. The van der Waals surface area contributed by atoms with Crippen LogP contribution in [-0.2, 0) is 6.54 Å². The van der Waals surface area contributed by atoms with Crippen LogP contribution < -0.4 is 15.4 Å². The number of phenols is 1. The molecule has 0 saturated heterocycles. The van der Waals surface area contributed by atoms with Gasteiger partial charge in [-0.15, -0.1) is 0 Å². The molecule has 4 aromatic rings. The molecule has 0 unspecified atom stereocenters. The van der Waals surface area contributed by atoms with Gasteiger partial charge in [0.2, 0.25) is 0 Å². The van der Waals surface area contributed by atoms with E-state index in [0.29, 0.717) is 44.9 Å². The molecular weight excluding hydrogens is 551 g/mol. The zero-order valence-electron chi connectivity index (χ0n) is 21.8. The topological polar surface area (TPSA) is 105 Å². The van der Waals surface area contributed by atoms with Gasteiger partial charge >= 0.3 is 6.03 Å². The fourth-order valence-corrected chi connectivity index (χ4v) is 4.80. The molecule has 2 amide bonds. The van der Waals surface area contributed by atoms with Crippen LogP contribution in [0, 0.1) is 0 Å². The molecule has 1 saturated carbocycles. The highest BCUT2D eigenvalue weighted by atomic mass is 35.5. The third-order valence-corrected chi connectivity index (χ3v) is 7.58. The number of hydrogen-bond acceptors (Lipinski definition) is 5. The first-order chi connectivity index (χ1) is 19.3. The molecule has 10 heteroatoms. The third kappa shape index (κ3) is 6.08. The van der Waals surface area contributed by atoms with Gasteiger partial charge in [-0.25, -0.2) is 4.79 Å². The van der Waals surface area contributed by atoms with Crippen LogP contribution >= 0.6 is 23.2 Å². The first-order valence-corrected chi connectivity index (χ1v) is 13.8. The largest absolute Gasteiger partial charge is 0.507 e. The van der Waals surface area contributed by atoms with E-state index in [1.807, 2.05) is 13.0 Å². The molecule has 3 aromatic carbocycles. The van der Waals surface area contributed by atoms with Crippen molar-refractivity contribution in [1.82, 2.24) is 15.1 Å². The lowest BCUT2D eigenvalue weighted by molar-refractivity contribution is 0.102. The van der Waals surface area contributed by atoms with E-state index < -0.39 is 6.03 Å². The minimum Gasteiger partial charge on any atom is -0.507 e. The highest BCUT2D eigenvalue weighted by Crippen LogP contribution is 2.39. The summed E-state index contributed by atoms with van der Waals surface area (Å²) in [6.45, 7) is 2.68. The van der Waals surface area contributed by atoms with Crippen molar-refractivity contribution in [1.29, 1.82) is 0 Å². The zero-order chi connectivity index (χ0) is 28.2. The van der Waals surface area contributed by atoms with Gasteiger partial charge in [-0.1, -0.05) is 35.7 Å². The monoisotopic (exact) mass is 578 g/mol. The Morgan fingerprint density at radius 1 is 1.02 bits per heavy atom. The van der Waals surface area contributed by atoms with E-state index in [-0.39, 0.29) is 24.1 Å². The Balaban J connectivity index is 1.36. The van der Waals surface area contributed by atoms with E-state index in [1.165, 1.54) is 10.7 Å². The molecule has 8 nitrogen and oxygen atoms in total. The smallest absolute Gasteiger partial charge is 0.342 e. The van der Waals surface area contributed by atoms with Crippen molar-refractivity contribution in [2.75, 3.05) is 11.9 Å². The van der Waals surface area contributed by atoms with Gasteiger partial charge in [-0.3, -0.25) is 4.79 Å². The molecule has 0 atom stereocenters. The summed E-state index contributed by atoms with van der Waals surface area (Å²) < 4.78 is 6.80. The first kappa shape index (κ1) is 27.6. The number of carbonyl (C=O) groups excluding carboxylic acids is 2. The predicted molar refractivity (Wildman–Crippen MR) is 156 cm³/mol. The second-order valence-electron chi connectivity index (χ2n) is 9.54. The Hall–Kier alpha value is -4.01. The van der Waals surface area contributed by atoms with Crippen LogP contribution in [0.25, 0.3) is 11.3 Å². The molecular formula is C30H28Cl2N4O4. The Labute approximate surface area is 241 Å². The summed E-state index contributed by atoms with van der Waals surface area (Å²) >= 11 is 12.1. The number of anilines is 1. The summed E-state index contributed by atoms with van der Waals surface area (Å²) in [5.74, 6) is 0.564. The number of phenolic OH excluding ortho intramolecular Hbond substituents is 1. The number of rotatable bonds is 8. The summed E-state index contributed by atoms with van der Waals surface area (Å²) in [5.41, 5.74) is 3.36. The highest BCUT2D eigenvalue weighted by molar-refractivity contribution is 6.42. The summed E-state index contributed by atoms with van der Waals surface area (Å²) in [6, 6.07) is 18.2. The standard InChI is InChI=1S/C30H28Cl2N4O4/c1-2-40-22-10-7-20(8-11-22)29(38)34-21-9-13-28(37)23(15-21)26-16-27(19-4-3-5-19)36(35-26)30(39)33-17-18-6-12-24(31)25(32)14-18/h6-16,19,37H,2-5,17H2,1H3,(H,33,39)(H,34,38). The number of nitrogens with zero attached hydrogens (tertiary/aromatic N) is 2. The molecule has 1 aromatic heterocycles. The van der Waals surface area contributed by atoms with E-state index in [0.717, 1.165) is 30.5 Å². The fraction of sp³-hybridized carbons (Fsp3) is 0.233. The zero-order valence-corrected chi connectivity index (χ0v) is 23.3. The van der Waals surface area contributed by atoms with Crippen molar-refractivity contribution in [3.05, 3.63) is 93.6 Å². The highest BCUT2D eigenvalue weighted by Gasteiger charge is 2.27. The van der Waals surface area contributed by atoms with Crippen molar-refractivity contribution in [3.8, 4) is 22.8 Å². The average molecular weight is 579 g/mol.